The molecule has 1 aliphatic heterocycles. The third-order valence-corrected chi connectivity index (χ3v) is 4.02. The van der Waals surface area contributed by atoms with Crippen molar-refractivity contribution in [2.45, 2.75) is 25.7 Å². The van der Waals surface area contributed by atoms with Gasteiger partial charge in [0.1, 0.15) is 5.82 Å². The molecule has 1 amide bonds. The molecule has 3 rings (SSSR count). The molecular formula is C15H20ClFN4O. The van der Waals surface area contributed by atoms with Crippen molar-refractivity contribution in [1.29, 1.82) is 0 Å². The summed E-state index contributed by atoms with van der Waals surface area (Å²) in [7, 11) is 0. The Morgan fingerprint density at radius 2 is 2.14 bits per heavy atom. The van der Waals surface area contributed by atoms with Crippen molar-refractivity contribution in [3.63, 3.8) is 0 Å². The Balaban J connectivity index is 0.00000176. The number of rotatable bonds is 4. The number of aromatic nitrogens is 2. The van der Waals surface area contributed by atoms with Crippen molar-refractivity contribution in [3.8, 4) is 0 Å². The van der Waals surface area contributed by atoms with Crippen LogP contribution in [0.2, 0.25) is 0 Å². The number of nitrogens with one attached hydrogen (secondary N) is 3. The first kappa shape index (κ1) is 16.7. The van der Waals surface area contributed by atoms with Gasteiger partial charge in [0.25, 0.3) is 0 Å². The van der Waals surface area contributed by atoms with Crippen LogP contribution in [0.4, 0.5) is 10.2 Å². The van der Waals surface area contributed by atoms with E-state index in [4.69, 9.17) is 0 Å². The minimum Gasteiger partial charge on any atom is -0.317 e. The molecule has 0 bridgehead atoms. The number of carbonyl (C=O) groups is 1. The molecule has 1 fully saturated rings. The lowest BCUT2D eigenvalue weighted by Crippen LogP contribution is -2.28. The van der Waals surface area contributed by atoms with Crippen LogP contribution in [0.25, 0.3) is 10.9 Å². The van der Waals surface area contributed by atoms with Crippen LogP contribution in [0, 0.1) is 11.7 Å². The number of halogens is 2. The SMILES string of the molecule is Cl.O=C(CCC1CCNCC1)Nc1n[nH]c2ccc(F)cc12. The van der Waals surface area contributed by atoms with E-state index in [0.717, 1.165) is 32.4 Å². The number of carbonyl (C=O) groups excluding carboxylic acids is 1. The molecule has 2 heterocycles. The van der Waals surface area contributed by atoms with Crippen molar-refractivity contribution < 1.29 is 9.18 Å². The maximum Gasteiger partial charge on any atom is 0.225 e. The average Bonchev–Trinajstić information content (AvgIpc) is 2.88. The zero-order valence-corrected chi connectivity index (χ0v) is 13.0. The monoisotopic (exact) mass is 326 g/mol. The highest BCUT2D eigenvalue weighted by atomic mass is 35.5. The second-order valence-corrected chi connectivity index (χ2v) is 5.54. The Kier molecular flexibility index (Phi) is 5.74. The van der Waals surface area contributed by atoms with Gasteiger partial charge >= 0.3 is 0 Å². The fourth-order valence-electron chi connectivity index (χ4n) is 2.78. The smallest absolute Gasteiger partial charge is 0.225 e. The van der Waals surface area contributed by atoms with Crippen LogP contribution in [0.5, 0.6) is 0 Å². The molecule has 5 nitrogen and oxygen atoms in total. The second kappa shape index (κ2) is 7.56. The highest BCUT2D eigenvalue weighted by Crippen LogP contribution is 2.22. The molecule has 1 aliphatic rings. The number of hydrogen-bond donors (Lipinski definition) is 3. The zero-order chi connectivity index (χ0) is 14.7. The molecule has 22 heavy (non-hydrogen) atoms. The Labute approximate surface area is 134 Å². The van der Waals surface area contributed by atoms with E-state index < -0.39 is 0 Å². The van der Waals surface area contributed by atoms with Crippen molar-refractivity contribution in [2.75, 3.05) is 18.4 Å². The van der Waals surface area contributed by atoms with Crippen LogP contribution < -0.4 is 10.6 Å². The predicted molar refractivity (Wildman–Crippen MR) is 86.8 cm³/mol. The molecule has 0 radical (unpaired) electrons. The lowest BCUT2D eigenvalue weighted by Gasteiger charge is -2.22. The molecule has 0 atom stereocenters. The van der Waals surface area contributed by atoms with Gasteiger partial charge in [0.05, 0.1) is 5.52 Å². The van der Waals surface area contributed by atoms with Gasteiger partial charge in [-0.3, -0.25) is 9.89 Å². The van der Waals surface area contributed by atoms with Gasteiger partial charge in [0, 0.05) is 11.8 Å². The van der Waals surface area contributed by atoms with E-state index in [-0.39, 0.29) is 24.1 Å². The first-order chi connectivity index (χ1) is 10.2. The topological polar surface area (TPSA) is 69.8 Å². The number of aromatic amines is 1. The average molecular weight is 327 g/mol. The molecule has 1 saturated heterocycles. The van der Waals surface area contributed by atoms with Gasteiger partial charge in [-0.05, 0) is 56.5 Å². The summed E-state index contributed by atoms with van der Waals surface area (Å²) in [6, 6.07) is 4.35. The normalized spacial score (nSPS) is 15.5. The van der Waals surface area contributed by atoms with E-state index >= 15 is 0 Å². The molecule has 3 N–H and O–H groups in total. The van der Waals surface area contributed by atoms with Gasteiger partial charge in [-0.1, -0.05) is 0 Å². The summed E-state index contributed by atoms with van der Waals surface area (Å²) in [6.07, 6.45) is 3.63. The number of piperidine rings is 1. The molecule has 0 spiro atoms. The first-order valence-electron chi connectivity index (χ1n) is 7.36. The quantitative estimate of drug-likeness (QED) is 0.809. The molecule has 0 aliphatic carbocycles. The highest BCUT2D eigenvalue weighted by molar-refractivity contribution is 5.99. The molecule has 1 aromatic carbocycles. The summed E-state index contributed by atoms with van der Waals surface area (Å²) in [5, 5.41) is 13.5. The number of hydrogen-bond acceptors (Lipinski definition) is 3. The van der Waals surface area contributed by atoms with Crippen LogP contribution in [0.15, 0.2) is 18.2 Å². The van der Waals surface area contributed by atoms with E-state index in [1.807, 2.05) is 0 Å². The van der Waals surface area contributed by atoms with Crippen LogP contribution in [-0.2, 0) is 4.79 Å². The van der Waals surface area contributed by atoms with E-state index in [1.54, 1.807) is 6.07 Å². The number of anilines is 1. The number of nitrogens with zero attached hydrogens (tertiary/aromatic N) is 1. The van der Waals surface area contributed by atoms with Crippen LogP contribution >= 0.6 is 12.4 Å². The maximum atomic E-state index is 13.3. The minimum atomic E-state index is -0.339. The molecule has 0 saturated carbocycles. The fourth-order valence-corrected chi connectivity index (χ4v) is 2.78. The first-order valence-corrected chi connectivity index (χ1v) is 7.36. The Hall–Kier alpha value is -1.66. The number of amides is 1. The largest absolute Gasteiger partial charge is 0.317 e. The molecule has 1 aromatic heterocycles. The number of H-pyrrole nitrogens is 1. The third-order valence-electron chi connectivity index (χ3n) is 4.02. The summed E-state index contributed by atoms with van der Waals surface area (Å²) >= 11 is 0. The Morgan fingerprint density at radius 1 is 1.36 bits per heavy atom. The molecular weight excluding hydrogens is 307 g/mol. The molecule has 120 valence electrons. The zero-order valence-electron chi connectivity index (χ0n) is 12.2. The summed E-state index contributed by atoms with van der Waals surface area (Å²) in [4.78, 5) is 12.0. The van der Waals surface area contributed by atoms with Gasteiger partial charge in [-0.2, -0.15) is 5.10 Å². The second-order valence-electron chi connectivity index (χ2n) is 5.54. The Morgan fingerprint density at radius 3 is 2.91 bits per heavy atom. The third kappa shape index (κ3) is 3.96. The van der Waals surface area contributed by atoms with Gasteiger partial charge < -0.3 is 10.6 Å². The predicted octanol–water partition coefficient (Wildman–Crippen LogP) is 2.84. The highest BCUT2D eigenvalue weighted by Gasteiger charge is 2.15. The number of benzene rings is 1. The number of fused-ring (bicyclic) bond motifs is 1. The van der Waals surface area contributed by atoms with Crippen LogP contribution in [0.1, 0.15) is 25.7 Å². The van der Waals surface area contributed by atoms with Crippen molar-refractivity contribution >= 4 is 35.0 Å². The lowest BCUT2D eigenvalue weighted by molar-refractivity contribution is -0.116. The van der Waals surface area contributed by atoms with Crippen LogP contribution in [0.3, 0.4) is 0 Å². The molecule has 0 unspecified atom stereocenters. The standard InChI is InChI=1S/C15H19FN4O.ClH/c16-11-2-3-13-12(9-11)15(20-19-13)18-14(21)4-1-10-5-7-17-8-6-10;/h2-3,9-10,17H,1,4-8H2,(H2,18,19,20,21);1H. The van der Waals surface area contributed by atoms with Crippen molar-refractivity contribution in [3.05, 3.63) is 24.0 Å². The fraction of sp³-hybridized carbons (Fsp3) is 0.467. The van der Waals surface area contributed by atoms with E-state index in [2.05, 4.69) is 20.8 Å². The van der Waals surface area contributed by atoms with Gasteiger partial charge in [0.15, 0.2) is 5.82 Å². The van der Waals surface area contributed by atoms with Crippen molar-refractivity contribution in [1.82, 2.24) is 15.5 Å². The molecule has 7 heteroatoms. The van der Waals surface area contributed by atoms with Gasteiger partial charge in [-0.25, -0.2) is 4.39 Å². The summed E-state index contributed by atoms with van der Waals surface area (Å²) < 4.78 is 13.3. The van der Waals surface area contributed by atoms with E-state index in [0.29, 0.717) is 29.1 Å². The van der Waals surface area contributed by atoms with Crippen molar-refractivity contribution in [2.24, 2.45) is 5.92 Å². The maximum absolute atomic E-state index is 13.3. The van der Waals surface area contributed by atoms with Crippen LogP contribution in [-0.4, -0.2) is 29.2 Å². The van der Waals surface area contributed by atoms with Gasteiger partial charge in [-0.15, -0.1) is 12.4 Å². The minimum absolute atomic E-state index is 0. The van der Waals surface area contributed by atoms with E-state index in [9.17, 15) is 9.18 Å². The molecule has 2 aromatic rings. The summed E-state index contributed by atoms with van der Waals surface area (Å²) in [6.45, 7) is 2.07. The van der Waals surface area contributed by atoms with Gasteiger partial charge in [0.2, 0.25) is 5.91 Å². The lowest BCUT2D eigenvalue weighted by atomic mass is 9.93. The summed E-state index contributed by atoms with van der Waals surface area (Å²) in [5.74, 6) is 0.616. The van der Waals surface area contributed by atoms with E-state index in [1.165, 1.54) is 12.1 Å². The Bertz CT molecular complexity index is 640. The summed E-state index contributed by atoms with van der Waals surface area (Å²) in [5.41, 5.74) is 0.713.